The molecule has 1 unspecified atom stereocenters. The third-order valence-electron chi connectivity index (χ3n) is 6.76. The first-order valence-corrected chi connectivity index (χ1v) is 11.5. The molecule has 4 aliphatic rings. The van der Waals surface area contributed by atoms with E-state index in [-0.39, 0.29) is 17.2 Å². The van der Waals surface area contributed by atoms with E-state index in [1.54, 1.807) is 18.2 Å². The third-order valence-corrected chi connectivity index (χ3v) is 6.98. The van der Waals surface area contributed by atoms with E-state index in [1.165, 1.54) is 6.07 Å². The summed E-state index contributed by atoms with van der Waals surface area (Å²) in [6.07, 6.45) is -2.33. The number of carbonyl (C=O) groups excluding carboxylic acids is 1. The fourth-order valence-electron chi connectivity index (χ4n) is 5.00. The minimum atomic E-state index is -4.49. The molecule has 5 nitrogen and oxygen atoms in total. The van der Waals surface area contributed by atoms with Crippen molar-refractivity contribution in [3.8, 4) is 16.9 Å². The van der Waals surface area contributed by atoms with E-state index < -0.39 is 17.8 Å². The molecular formula is C24H24ClF3N2O3. The number of fused-ring (bicyclic) bond motifs is 4. The topological polar surface area (TPSA) is 50.8 Å². The average molecular weight is 481 g/mol. The summed E-state index contributed by atoms with van der Waals surface area (Å²) in [5, 5.41) is 2.96. The predicted molar refractivity (Wildman–Crippen MR) is 117 cm³/mol. The normalized spacial score (nSPS) is 26.3. The molecule has 176 valence electrons. The molecule has 2 aromatic carbocycles. The fourth-order valence-corrected chi connectivity index (χ4v) is 5.23. The summed E-state index contributed by atoms with van der Waals surface area (Å²) in [4.78, 5) is 14.9. The summed E-state index contributed by atoms with van der Waals surface area (Å²) < 4.78 is 51.1. The number of amides is 1. The van der Waals surface area contributed by atoms with E-state index in [0.29, 0.717) is 35.8 Å². The number of ether oxygens (including phenoxy) is 2. The molecule has 0 aromatic heterocycles. The van der Waals surface area contributed by atoms with Crippen molar-refractivity contribution in [1.29, 1.82) is 0 Å². The largest absolute Gasteiger partial charge is 0.493 e. The van der Waals surface area contributed by atoms with Gasteiger partial charge in [0.25, 0.3) is 0 Å². The number of benzene rings is 2. The van der Waals surface area contributed by atoms with Crippen LogP contribution in [0.5, 0.6) is 5.75 Å². The lowest BCUT2D eigenvalue weighted by molar-refractivity contribution is -0.137. The van der Waals surface area contributed by atoms with Gasteiger partial charge in [-0.05, 0) is 67.2 Å². The van der Waals surface area contributed by atoms with Crippen LogP contribution in [0.15, 0.2) is 36.4 Å². The van der Waals surface area contributed by atoms with Crippen molar-refractivity contribution >= 4 is 17.7 Å². The average Bonchev–Trinajstić information content (AvgIpc) is 2.79. The molecule has 4 heterocycles. The summed E-state index contributed by atoms with van der Waals surface area (Å²) >= 11 is 5.94. The van der Waals surface area contributed by atoms with Crippen LogP contribution in [-0.4, -0.2) is 43.3 Å². The van der Waals surface area contributed by atoms with Gasteiger partial charge in [-0.25, -0.2) is 4.79 Å². The van der Waals surface area contributed by atoms with Gasteiger partial charge in [-0.3, -0.25) is 4.90 Å². The van der Waals surface area contributed by atoms with E-state index in [9.17, 15) is 18.0 Å². The van der Waals surface area contributed by atoms with E-state index in [1.807, 2.05) is 0 Å². The maximum absolute atomic E-state index is 13.2. The lowest BCUT2D eigenvalue weighted by Gasteiger charge is -2.44. The van der Waals surface area contributed by atoms with Gasteiger partial charge >= 0.3 is 12.3 Å². The maximum atomic E-state index is 13.2. The second-order valence-corrected chi connectivity index (χ2v) is 9.33. The zero-order chi connectivity index (χ0) is 23.2. The summed E-state index contributed by atoms with van der Waals surface area (Å²) in [7, 11) is 0. The Balaban J connectivity index is 1.32. The lowest BCUT2D eigenvalue weighted by Crippen LogP contribution is -2.52. The molecule has 1 amide bonds. The first kappa shape index (κ1) is 22.3. The molecule has 0 radical (unpaired) electrons. The summed E-state index contributed by atoms with van der Waals surface area (Å²) in [6, 6.07) is 8.35. The molecule has 4 aliphatic heterocycles. The Morgan fingerprint density at radius 3 is 2.58 bits per heavy atom. The molecule has 6 rings (SSSR count). The Labute approximate surface area is 194 Å². The van der Waals surface area contributed by atoms with Gasteiger partial charge in [0.15, 0.2) is 0 Å². The first-order valence-electron chi connectivity index (χ1n) is 11.1. The highest BCUT2D eigenvalue weighted by Crippen LogP contribution is 2.39. The first-order chi connectivity index (χ1) is 15.8. The van der Waals surface area contributed by atoms with Gasteiger partial charge in [0.05, 0.1) is 18.2 Å². The molecule has 0 spiro atoms. The molecular weight excluding hydrogens is 457 g/mol. The van der Waals surface area contributed by atoms with E-state index in [0.717, 1.165) is 50.2 Å². The maximum Gasteiger partial charge on any atom is 0.416 e. The minimum Gasteiger partial charge on any atom is -0.493 e. The minimum absolute atomic E-state index is 0.00786. The van der Waals surface area contributed by atoms with Gasteiger partial charge in [0.2, 0.25) is 0 Å². The number of halogens is 4. The Hall–Kier alpha value is -2.45. The van der Waals surface area contributed by atoms with Gasteiger partial charge in [-0.2, -0.15) is 13.2 Å². The number of rotatable bonds is 3. The smallest absolute Gasteiger partial charge is 0.416 e. The van der Waals surface area contributed by atoms with Crippen molar-refractivity contribution in [2.45, 2.75) is 37.6 Å². The van der Waals surface area contributed by atoms with Crippen LogP contribution in [0, 0.1) is 5.92 Å². The number of hydrogen-bond acceptors (Lipinski definition) is 4. The molecule has 2 aromatic rings. The summed E-state index contributed by atoms with van der Waals surface area (Å²) in [5.74, 6) is 0.949. The van der Waals surface area contributed by atoms with Gasteiger partial charge in [0, 0.05) is 23.6 Å². The molecule has 2 atom stereocenters. The molecule has 1 N–H and O–H groups in total. The highest BCUT2D eigenvalue weighted by molar-refractivity contribution is 6.31. The van der Waals surface area contributed by atoms with E-state index >= 15 is 0 Å². The van der Waals surface area contributed by atoms with Crippen LogP contribution in [0.3, 0.4) is 0 Å². The fraction of sp³-hybridized carbons (Fsp3) is 0.458. The van der Waals surface area contributed by atoms with Crippen molar-refractivity contribution in [2.75, 3.05) is 26.2 Å². The second kappa shape index (κ2) is 8.72. The number of carbonyl (C=O) groups is 1. The van der Waals surface area contributed by atoms with Crippen molar-refractivity contribution in [1.82, 2.24) is 10.2 Å². The van der Waals surface area contributed by atoms with Crippen molar-refractivity contribution in [3.63, 3.8) is 0 Å². The molecule has 0 aliphatic carbocycles. The Kier molecular flexibility index (Phi) is 5.91. The van der Waals surface area contributed by atoms with E-state index in [2.05, 4.69) is 10.2 Å². The van der Waals surface area contributed by atoms with Crippen LogP contribution in [0.2, 0.25) is 5.02 Å². The Bertz CT molecular complexity index is 1050. The highest BCUT2D eigenvalue weighted by Gasteiger charge is 2.37. The number of nitrogens with one attached hydrogen (secondary N) is 1. The monoisotopic (exact) mass is 480 g/mol. The molecule has 3 saturated heterocycles. The van der Waals surface area contributed by atoms with Gasteiger partial charge < -0.3 is 14.8 Å². The van der Waals surface area contributed by atoms with Crippen LogP contribution in [-0.2, 0) is 10.9 Å². The van der Waals surface area contributed by atoms with Crippen molar-refractivity contribution < 1.29 is 27.4 Å². The quantitative estimate of drug-likeness (QED) is 0.615. The predicted octanol–water partition coefficient (Wildman–Crippen LogP) is 5.67. The van der Waals surface area contributed by atoms with Crippen LogP contribution < -0.4 is 10.1 Å². The SMILES string of the molecule is O=C(NC1CCOc2cc(-c3cc(Cl)cc(C(F)(F)F)c3)ccc21)O[C@H]1CN2CCC1CC2. The van der Waals surface area contributed by atoms with Crippen LogP contribution in [0.4, 0.5) is 18.0 Å². The number of alkyl carbamates (subject to hydrolysis) is 1. The number of hydrogen-bond donors (Lipinski definition) is 1. The standard InChI is InChI=1S/C24H24ClF3N2O3/c25-18-10-16(9-17(12-18)24(26,27)28)15-1-2-19-20(5-8-32-21(19)11-15)29-23(31)33-22-13-30-6-3-14(22)4-7-30/h1-2,9-12,14,20,22H,3-8,13H2,(H,29,31)/t20?,22-/m0/s1. The van der Waals surface area contributed by atoms with Crippen LogP contribution in [0.25, 0.3) is 11.1 Å². The zero-order valence-corrected chi connectivity index (χ0v) is 18.6. The molecule has 9 heteroatoms. The third kappa shape index (κ3) is 4.77. The summed E-state index contributed by atoms with van der Waals surface area (Å²) in [6.45, 7) is 3.30. The van der Waals surface area contributed by atoms with Crippen LogP contribution in [0.1, 0.15) is 36.4 Å². The van der Waals surface area contributed by atoms with E-state index in [4.69, 9.17) is 21.1 Å². The van der Waals surface area contributed by atoms with Crippen molar-refractivity contribution in [2.24, 2.45) is 5.92 Å². The molecule has 3 fully saturated rings. The number of piperidine rings is 3. The Morgan fingerprint density at radius 2 is 1.88 bits per heavy atom. The van der Waals surface area contributed by atoms with Crippen molar-refractivity contribution in [3.05, 3.63) is 52.5 Å². The second-order valence-electron chi connectivity index (χ2n) is 8.89. The molecule has 2 bridgehead atoms. The number of nitrogens with zero attached hydrogens (tertiary/aromatic N) is 1. The van der Waals surface area contributed by atoms with Crippen LogP contribution >= 0.6 is 11.6 Å². The van der Waals surface area contributed by atoms with Gasteiger partial charge in [-0.1, -0.05) is 23.7 Å². The van der Waals surface area contributed by atoms with Gasteiger partial charge in [0.1, 0.15) is 11.9 Å². The lowest BCUT2D eigenvalue weighted by atomic mass is 9.86. The Morgan fingerprint density at radius 1 is 1.09 bits per heavy atom. The highest BCUT2D eigenvalue weighted by atomic mass is 35.5. The summed E-state index contributed by atoms with van der Waals surface area (Å²) in [5.41, 5.74) is 0.864. The number of alkyl halides is 3. The molecule has 0 saturated carbocycles. The molecule has 33 heavy (non-hydrogen) atoms. The zero-order valence-electron chi connectivity index (χ0n) is 17.8. The van der Waals surface area contributed by atoms with Gasteiger partial charge in [-0.15, -0.1) is 0 Å².